The molecule has 0 bridgehead atoms. The summed E-state index contributed by atoms with van der Waals surface area (Å²) in [5, 5.41) is 20.7. The standard InChI is InChI=1S/C16H17NO/c1-12-6-7-13-4-2-3-5-16(13)15(12)9-8-14(18)10-11-17/h2-7,14,18H,8-10H2,1H3. The number of aliphatic hydroxyl groups excluding tert-OH is 1. The summed E-state index contributed by atoms with van der Waals surface area (Å²) in [6.07, 6.45) is 1.15. The minimum atomic E-state index is -0.520. The van der Waals surface area contributed by atoms with Crippen molar-refractivity contribution in [1.82, 2.24) is 0 Å². The van der Waals surface area contributed by atoms with Gasteiger partial charge in [0.2, 0.25) is 0 Å². The number of fused-ring (bicyclic) bond motifs is 1. The molecule has 0 fully saturated rings. The third-order valence-corrected chi connectivity index (χ3v) is 3.33. The number of hydrogen-bond donors (Lipinski definition) is 1. The van der Waals surface area contributed by atoms with E-state index in [0.29, 0.717) is 6.42 Å². The van der Waals surface area contributed by atoms with Crippen molar-refractivity contribution in [2.75, 3.05) is 0 Å². The Bertz CT molecular complexity index is 583. The van der Waals surface area contributed by atoms with E-state index < -0.39 is 6.10 Å². The average molecular weight is 239 g/mol. The molecule has 2 aromatic carbocycles. The number of nitrogens with zero attached hydrogens (tertiary/aromatic N) is 1. The van der Waals surface area contributed by atoms with E-state index in [-0.39, 0.29) is 6.42 Å². The Balaban J connectivity index is 2.27. The molecule has 1 N–H and O–H groups in total. The van der Waals surface area contributed by atoms with Gasteiger partial charge in [-0.25, -0.2) is 0 Å². The van der Waals surface area contributed by atoms with Gasteiger partial charge in [0.1, 0.15) is 0 Å². The van der Waals surface area contributed by atoms with Crippen LogP contribution in [-0.2, 0) is 6.42 Å². The lowest BCUT2D eigenvalue weighted by atomic mass is 9.95. The maximum atomic E-state index is 9.65. The lowest BCUT2D eigenvalue weighted by Gasteiger charge is -2.12. The summed E-state index contributed by atoms with van der Waals surface area (Å²) in [7, 11) is 0. The first kappa shape index (κ1) is 12.6. The van der Waals surface area contributed by atoms with Crippen molar-refractivity contribution in [1.29, 1.82) is 5.26 Å². The maximum absolute atomic E-state index is 9.65. The molecule has 2 aromatic rings. The van der Waals surface area contributed by atoms with E-state index in [0.717, 1.165) is 6.42 Å². The summed E-state index contributed by atoms with van der Waals surface area (Å²) in [5.74, 6) is 0. The van der Waals surface area contributed by atoms with Gasteiger partial charge in [0.05, 0.1) is 18.6 Å². The Labute approximate surface area is 107 Å². The quantitative estimate of drug-likeness (QED) is 0.889. The smallest absolute Gasteiger partial charge is 0.0673 e. The number of aryl methyl sites for hydroxylation is 2. The first-order valence-corrected chi connectivity index (χ1v) is 6.24. The van der Waals surface area contributed by atoms with Crippen LogP contribution in [0.2, 0.25) is 0 Å². The van der Waals surface area contributed by atoms with Gasteiger partial charge < -0.3 is 5.11 Å². The molecule has 0 aromatic heterocycles. The lowest BCUT2D eigenvalue weighted by molar-refractivity contribution is 0.170. The summed E-state index contributed by atoms with van der Waals surface area (Å²) in [4.78, 5) is 0. The van der Waals surface area contributed by atoms with E-state index in [2.05, 4.69) is 31.2 Å². The topological polar surface area (TPSA) is 44.0 Å². The van der Waals surface area contributed by atoms with Crippen LogP contribution in [-0.4, -0.2) is 11.2 Å². The zero-order chi connectivity index (χ0) is 13.0. The Morgan fingerprint density at radius 2 is 2.00 bits per heavy atom. The van der Waals surface area contributed by atoms with Crippen molar-refractivity contribution in [2.45, 2.75) is 32.3 Å². The van der Waals surface area contributed by atoms with Crippen LogP contribution in [0.1, 0.15) is 24.0 Å². The highest BCUT2D eigenvalue weighted by atomic mass is 16.3. The van der Waals surface area contributed by atoms with Crippen LogP contribution in [0.3, 0.4) is 0 Å². The molecule has 0 heterocycles. The summed E-state index contributed by atoms with van der Waals surface area (Å²) >= 11 is 0. The zero-order valence-corrected chi connectivity index (χ0v) is 10.6. The molecule has 0 aliphatic heterocycles. The Morgan fingerprint density at radius 1 is 1.22 bits per heavy atom. The van der Waals surface area contributed by atoms with Gasteiger partial charge in [-0.3, -0.25) is 0 Å². The van der Waals surface area contributed by atoms with E-state index in [9.17, 15) is 5.11 Å². The van der Waals surface area contributed by atoms with Crippen LogP contribution in [0.25, 0.3) is 10.8 Å². The van der Waals surface area contributed by atoms with E-state index in [1.54, 1.807) is 0 Å². The molecule has 0 radical (unpaired) electrons. The Hall–Kier alpha value is -1.85. The molecule has 0 aliphatic carbocycles. The fourth-order valence-electron chi connectivity index (χ4n) is 2.30. The fourth-order valence-corrected chi connectivity index (χ4v) is 2.30. The van der Waals surface area contributed by atoms with Crippen molar-refractivity contribution in [3.8, 4) is 6.07 Å². The average Bonchev–Trinajstić information content (AvgIpc) is 2.38. The fraction of sp³-hybridized carbons (Fsp3) is 0.312. The minimum absolute atomic E-state index is 0.212. The molecule has 0 saturated carbocycles. The largest absolute Gasteiger partial charge is 0.392 e. The number of aliphatic hydroxyl groups is 1. The van der Waals surface area contributed by atoms with Crippen molar-refractivity contribution in [3.63, 3.8) is 0 Å². The van der Waals surface area contributed by atoms with Crippen LogP contribution >= 0.6 is 0 Å². The van der Waals surface area contributed by atoms with Crippen molar-refractivity contribution in [3.05, 3.63) is 47.5 Å². The zero-order valence-electron chi connectivity index (χ0n) is 10.6. The van der Waals surface area contributed by atoms with E-state index >= 15 is 0 Å². The highest BCUT2D eigenvalue weighted by Gasteiger charge is 2.08. The Kier molecular flexibility index (Phi) is 3.96. The molecule has 0 amide bonds. The molecule has 0 spiro atoms. The molecule has 1 atom stereocenters. The number of hydrogen-bond acceptors (Lipinski definition) is 2. The first-order valence-electron chi connectivity index (χ1n) is 6.24. The highest BCUT2D eigenvalue weighted by Crippen LogP contribution is 2.23. The summed E-state index contributed by atoms with van der Waals surface area (Å²) in [5.41, 5.74) is 2.53. The van der Waals surface area contributed by atoms with Gasteiger partial charge >= 0.3 is 0 Å². The monoisotopic (exact) mass is 239 g/mol. The molecular weight excluding hydrogens is 222 g/mol. The minimum Gasteiger partial charge on any atom is -0.392 e. The Morgan fingerprint density at radius 3 is 2.78 bits per heavy atom. The van der Waals surface area contributed by atoms with Gasteiger partial charge in [0.15, 0.2) is 0 Å². The molecule has 2 nitrogen and oxygen atoms in total. The molecule has 0 aliphatic rings. The SMILES string of the molecule is Cc1ccc2ccccc2c1CCC(O)CC#N. The molecule has 0 saturated heterocycles. The van der Waals surface area contributed by atoms with Gasteiger partial charge in [-0.1, -0.05) is 36.4 Å². The molecule has 92 valence electrons. The maximum Gasteiger partial charge on any atom is 0.0673 e. The van der Waals surface area contributed by atoms with E-state index in [1.807, 2.05) is 18.2 Å². The predicted molar refractivity (Wildman–Crippen MR) is 73.2 cm³/mol. The molecule has 1 unspecified atom stereocenters. The third-order valence-electron chi connectivity index (χ3n) is 3.33. The van der Waals surface area contributed by atoms with Crippen LogP contribution < -0.4 is 0 Å². The van der Waals surface area contributed by atoms with Crippen LogP contribution in [0.15, 0.2) is 36.4 Å². The number of rotatable bonds is 4. The van der Waals surface area contributed by atoms with Crippen molar-refractivity contribution in [2.24, 2.45) is 0 Å². The second-order valence-corrected chi connectivity index (χ2v) is 4.64. The molecule has 2 heteroatoms. The van der Waals surface area contributed by atoms with E-state index in [1.165, 1.54) is 21.9 Å². The molecule has 18 heavy (non-hydrogen) atoms. The normalized spacial score (nSPS) is 12.3. The summed E-state index contributed by atoms with van der Waals surface area (Å²) in [6.45, 7) is 2.10. The van der Waals surface area contributed by atoms with Gasteiger partial charge in [-0.15, -0.1) is 0 Å². The highest BCUT2D eigenvalue weighted by molar-refractivity contribution is 5.86. The van der Waals surface area contributed by atoms with Crippen LogP contribution in [0.5, 0.6) is 0 Å². The van der Waals surface area contributed by atoms with E-state index in [4.69, 9.17) is 5.26 Å². The van der Waals surface area contributed by atoms with Gasteiger partial charge in [0, 0.05) is 0 Å². The predicted octanol–water partition coefficient (Wildman–Crippen LogP) is 3.36. The van der Waals surface area contributed by atoms with Crippen LogP contribution in [0, 0.1) is 18.3 Å². The number of benzene rings is 2. The molecule has 2 rings (SSSR count). The van der Waals surface area contributed by atoms with Gasteiger partial charge in [-0.05, 0) is 41.7 Å². The van der Waals surface area contributed by atoms with Gasteiger partial charge in [-0.2, -0.15) is 5.26 Å². The number of nitriles is 1. The van der Waals surface area contributed by atoms with Gasteiger partial charge in [0.25, 0.3) is 0 Å². The van der Waals surface area contributed by atoms with Crippen molar-refractivity contribution < 1.29 is 5.11 Å². The second kappa shape index (κ2) is 5.66. The first-order chi connectivity index (χ1) is 8.72. The third kappa shape index (κ3) is 2.69. The second-order valence-electron chi connectivity index (χ2n) is 4.64. The van der Waals surface area contributed by atoms with Crippen molar-refractivity contribution >= 4 is 10.8 Å². The summed E-state index contributed by atoms with van der Waals surface area (Å²) in [6, 6.07) is 14.5. The lowest BCUT2D eigenvalue weighted by Crippen LogP contribution is -2.07. The molecular formula is C16H17NO. The van der Waals surface area contributed by atoms with Crippen LogP contribution in [0.4, 0.5) is 0 Å². The summed E-state index contributed by atoms with van der Waals surface area (Å²) < 4.78 is 0.